The highest BCUT2D eigenvalue weighted by molar-refractivity contribution is 5.87. The van der Waals surface area contributed by atoms with Gasteiger partial charge in [-0.15, -0.1) is 0 Å². The zero-order valence-corrected chi connectivity index (χ0v) is 16.5. The molecule has 0 unspecified atom stereocenters. The average Bonchev–Trinajstić information content (AvgIpc) is 3.22. The summed E-state index contributed by atoms with van der Waals surface area (Å²) in [6, 6.07) is 3.96. The van der Waals surface area contributed by atoms with Crippen LogP contribution in [0.1, 0.15) is 36.3 Å². The van der Waals surface area contributed by atoms with Crippen LogP contribution in [0.15, 0.2) is 35.4 Å². The van der Waals surface area contributed by atoms with Gasteiger partial charge in [0.2, 0.25) is 11.8 Å². The van der Waals surface area contributed by atoms with E-state index in [-0.39, 0.29) is 0 Å². The van der Waals surface area contributed by atoms with Crippen molar-refractivity contribution in [2.24, 2.45) is 0 Å². The number of ether oxygens (including phenoxy) is 1. The highest BCUT2D eigenvalue weighted by Crippen LogP contribution is 2.38. The Labute approximate surface area is 170 Å². The molecule has 150 valence electrons. The molecule has 5 heterocycles. The number of nitrogens with zero attached hydrogens (tertiary/aromatic N) is 8. The fourth-order valence-electron chi connectivity index (χ4n) is 3.75. The number of hydrogen-bond donors (Lipinski definition) is 0. The van der Waals surface area contributed by atoms with Gasteiger partial charge in [0.05, 0.1) is 24.5 Å². The molecule has 0 aromatic carbocycles. The number of imidazole rings is 1. The Hall–Kier alpha value is -3.82. The van der Waals surface area contributed by atoms with Crippen LogP contribution >= 0.6 is 0 Å². The van der Waals surface area contributed by atoms with Crippen LogP contribution in [-0.4, -0.2) is 46.4 Å². The Bertz CT molecular complexity index is 1390. The summed E-state index contributed by atoms with van der Waals surface area (Å²) in [5, 5.41) is 8.37. The van der Waals surface area contributed by atoms with Crippen molar-refractivity contribution in [3.8, 4) is 17.1 Å². The van der Waals surface area contributed by atoms with Crippen LogP contribution in [0.3, 0.4) is 0 Å². The summed E-state index contributed by atoms with van der Waals surface area (Å²) in [5.74, 6) is 3.20. The molecule has 6 rings (SSSR count). The largest absolute Gasteiger partial charge is 0.479 e. The van der Waals surface area contributed by atoms with Crippen molar-refractivity contribution in [2.75, 3.05) is 7.11 Å². The summed E-state index contributed by atoms with van der Waals surface area (Å²) in [4.78, 5) is 18.0. The summed E-state index contributed by atoms with van der Waals surface area (Å²) < 4.78 is 14.7. The maximum absolute atomic E-state index is 5.47. The summed E-state index contributed by atoms with van der Waals surface area (Å²) in [6.07, 6.45) is 7.38. The predicted octanol–water partition coefficient (Wildman–Crippen LogP) is 2.77. The number of methoxy groups -OCH3 is 1. The highest BCUT2D eigenvalue weighted by atomic mass is 16.5. The van der Waals surface area contributed by atoms with Crippen LogP contribution in [-0.2, 0) is 6.54 Å². The minimum Gasteiger partial charge on any atom is -0.479 e. The SMILES string of the molecule is COc1ncnn2ccc(-c3cc4c(cn3)nc(C)n4Cc3nc(C4CC4)no3)c12. The quantitative estimate of drug-likeness (QED) is 0.441. The standard InChI is InChI=1S/C20H18N8O2/c1-11-24-15-8-21-14(13-5-6-28-18(13)20(29-2)22-10-23-28)7-16(15)27(11)9-17-25-19(26-30-17)12-3-4-12/h5-8,10,12H,3-4,9H2,1-2H3. The van der Waals surface area contributed by atoms with E-state index < -0.39 is 0 Å². The first-order valence-corrected chi connectivity index (χ1v) is 9.73. The van der Waals surface area contributed by atoms with Crippen molar-refractivity contribution in [3.05, 3.63) is 48.4 Å². The zero-order chi connectivity index (χ0) is 20.2. The van der Waals surface area contributed by atoms with Gasteiger partial charge in [0.15, 0.2) is 5.82 Å². The van der Waals surface area contributed by atoms with Gasteiger partial charge in [0.25, 0.3) is 0 Å². The van der Waals surface area contributed by atoms with Crippen molar-refractivity contribution in [2.45, 2.75) is 32.2 Å². The third-order valence-electron chi connectivity index (χ3n) is 5.43. The molecule has 1 fully saturated rings. The predicted molar refractivity (Wildman–Crippen MR) is 106 cm³/mol. The fourth-order valence-corrected chi connectivity index (χ4v) is 3.75. The first-order chi connectivity index (χ1) is 14.7. The van der Waals surface area contributed by atoms with E-state index in [0.717, 1.165) is 52.3 Å². The molecule has 0 radical (unpaired) electrons. The molecule has 30 heavy (non-hydrogen) atoms. The molecule has 1 saturated carbocycles. The molecular formula is C20H18N8O2. The van der Waals surface area contributed by atoms with Crippen LogP contribution in [0.25, 0.3) is 27.8 Å². The van der Waals surface area contributed by atoms with Gasteiger partial charge in [-0.2, -0.15) is 15.1 Å². The molecular weight excluding hydrogens is 384 g/mol. The number of rotatable bonds is 5. The molecule has 0 spiro atoms. The Balaban J connectivity index is 1.45. The van der Waals surface area contributed by atoms with E-state index in [2.05, 4.69) is 34.8 Å². The number of pyridine rings is 1. The lowest BCUT2D eigenvalue weighted by Crippen LogP contribution is -2.03. The van der Waals surface area contributed by atoms with Crippen LogP contribution < -0.4 is 4.74 Å². The molecule has 5 aromatic heterocycles. The molecule has 0 bridgehead atoms. The van der Waals surface area contributed by atoms with Gasteiger partial charge in [0, 0.05) is 17.7 Å². The van der Waals surface area contributed by atoms with E-state index >= 15 is 0 Å². The average molecular weight is 402 g/mol. The second kappa shape index (κ2) is 6.34. The molecule has 1 aliphatic rings. The minimum atomic E-state index is 0.458. The summed E-state index contributed by atoms with van der Waals surface area (Å²) >= 11 is 0. The van der Waals surface area contributed by atoms with E-state index in [0.29, 0.717) is 24.2 Å². The Morgan fingerprint density at radius 1 is 1.23 bits per heavy atom. The first kappa shape index (κ1) is 17.1. The fraction of sp³-hybridized carbons (Fsp3) is 0.300. The second-order valence-electron chi connectivity index (χ2n) is 7.42. The third-order valence-corrected chi connectivity index (χ3v) is 5.43. The van der Waals surface area contributed by atoms with Gasteiger partial charge in [-0.25, -0.2) is 9.50 Å². The molecule has 10 nitrogen and oxygen atoms in total. The molecule has 0 amide bonds. The lowest BCUT2D eigenvalue weighted by molar-refractivity contribution is 0.366. The summed E-state index contributed by atoms with van der Waals surface area (Å²) in [5.41, 5.74) is 4.18. The van der Waals surface area contributed by atoms with Gasteiger partial charge < -0.3 is 13.8 Å². The van der Waals surface area contributed by atoms with Crippen LogP contribution in [0.4, 0.5) is 0 Å². The summed E-state index contributed by atoms with van der Waals surface area (Å²) in [6.45, 7) is 2.43. The van der Waals surface area contributed by atoms with Crippen LogP contribution in [0.2, 0.25) is 0 Å². The number of aryl methyl sites for hydroxylation is 1. The third kappa shape index (κ3) is 2.64. The van der Waals surface area contributed by atoms with Gasteiger partial charge in [0.1, 0.15) is 29.7 Å². The normalized spacial score (nSPS) is 14.1. The Morgan fingerprint density at radius 2 is 2.13 bits per heavy atom. The van der Waals surface area contributed by atoms with E-state index in [1.165, 1.54) is 6.33 Å². The lowest BCUT2D eigenvalue weighted by atomic mass is 10.1. The molecule has 10 heteroatoms. The van der Waals surface area contributed by atoms with Gasteiger partial charge in [-0.3, -0.25) is 4.98 Å². The maximum Gasteiger partial charge on any atom is 0.246 e. The Kier molecular flexibility index (Phi) is 3.61. The van der Waals surface area contributed by atoms with Crippen LogP contribution in [0, 0.1) is 6.92 Å². The van der Waals surface area contributed by atoms with Crippen LogP contribution in [0.5, 0.6) is 5.88 Å². The molecule has 0 aliphatic heterocycles. The molecule has 0 saturated heterocycles. The van der Waals surface area contributed by atoms with E-state index in [1.54, 1.807) is 17.8 Å². The molecule has 1 aliphatic carbocycles. The molecule has 0 atom stereocenters. The second-order valence-corrected chi connectivity index (χ2v) is 7.42. The van der Waals surface area contributed by atoms with E-state index in [1.807, 2.05) is 25.3 Å². The summed E-state index contributed by atoms with van der Waals surface area (Å²) in [7, 11) is 1.59. The van der Waals surface area contributed by atoms with E-state index in [9.17, 15) is 0 Å². The molecule has 0 N–H and O–H groups in total. The maximum atomic E-state index is 5.47. The first-order valence-electron chi connectivity index (χ1n) is 9.73. The van der Waals surface area contributed by atoms with Crippen molar-refractivity contribution in [1.82, 2.24) is 39.3 Å². The number of aromatic nitrogens is 8. The monoisotopic (exact) mass is 402 g/mol. The minimum absolute atomic E-state index is 0.458. The van der Waals surface area contributed by atoms with Gasteiger partial charge in [-0.1, -0.05) is 5.16 Å². The van der Waals surface area contributed by atoms with Crippen molar-refractivity contribution >= 4 is 16.6 Å². The number of hydrogen-bond acceptors (Lipinski definition) is 8. The van der Waals surface area contributed by atoms with E-state index in [4.69, 9.17) is 9.26 Å². The van der Waals surface area contributed by atoms with Crippen molar-refractivity contribution in [1.29, 1.82) is 0 Å². The van der Waals surface area contributed by atoms with Gasteiger partial charge >= 0.3 is 0 Å². The Morgan fingerprint density at radius 3 is 2.97 bits per heavy atom. The van der Waals surface area contributed by atoms with Crippen molar-refractivity contribution < 1.29 is 9.26 Å². The number of fused-ring (bicyclic) bond motifs is 2. The van der Waals surface area contributed by atoms with Gasteiger partial charge in [-0.05, 0) is 31.9 Å². The highest BCUT2D eigenvalue weighted by Gasteiger charge is 2.29. The lowest BCUT2D eigenvalue weighted by Gasteiger charge is -2.06. The smallest absolute Gasteiger partial charge is 0.246 e. The van der Waals surface area contributed by atoms with Crippen molar-refractivity contribution in [3.63, 3.8) is 0 Å². The zero-order valence-electron chi connectivity index (χ0n) is 16.5. The molecule has 5 aromatic rings. The topological polar surface area (TPSA) is 109 Å².